The lowest BCUT2D eigenvalue weighted by atomic mass is 10.1. The minimum atomic E-state index is 0.912. The topological polar surface area (TPSA) is 44.8 Å². The summed E-state index contributed by atoms with van der Waals surface area (Å²) < 4.78 is 1.12. The summed E-state index contributed by atoms with van der Waals surface area (Å²) >= 11 is 3.58. The monoisotopic (exact) mass is 384 g/mol. The van der Waals surface area contributed by atoms with Gasteiger partial charge in [-0.3, -0.25) is 4.90 Å². The largest absolute Gasteiger partial charge is 0.361 e. The summed E-state index contributed by atoms with van der Waals surface area (Å²) in [6.45, 7) is 5.09. The smallest absolute Gasteiger partial charge is 0.128 e. The van der Waals surface area contributed by atoms with Gasteiger partial charge in [-0.25, -0.2) is 9.97 Å². The van der Waals surface area contributed by atoms with Crippen molar-refractivity contribution in [1.82, 2.24) is 19.9 Å². The number of aromatic amines is 1. The van der Waals surface area contributed by atoms with Crippen molar-refractivity contribution in [3.05, 3.63) is 57.7 Å². The van der Waals surface area contributed by atoms with E-state index in [4.69, 9.17) is 4.98 Å². The summed E-state index contributed by atoms with van der Waals surface area (Å²) in [4.78, 5) is 15.1. The first-order chi connectivity index (χ1) is 11.7. The van der Waals surface area contributed by atoms with Crippen LogP contribution in [-0.4, -0.2) is 26.4 Å². The summed E-state index contributed by atoms with van der Waals surface area (Å²) in [6.07, 6.45) is 7.26. The van der Waals surface area contributed by atoms with Crippen molar-refractivity contribution in [1.29, 1.82) is 0 Å². The molecule has 24 heavy (non-hydrogen) atoms. The molecule has 1 aliphatic heterocycles. The fourth-order valence-electron chi connectivity index (χ4n) is 3.40. The van der Waals surface area contributed by atoms with Crippen LogP contribution < -0.4 is 0 Å². The van der Waals surface area contributed by atoms with Crippen LogP contribution in [0.1, 0.15) is 36.0 Å². The lowest BCUT2D eigenvalue weighted by molar-refractivity contribution is 0.241. The highest BCUT2D eigenvalue weighted by Crippen LogP contribution is 2.25. The minimum absolute atomic E-state index is 0.912. The first-order valence-electron chi connectivity index (χ1n) is 8.54. The molecule has 0 saturated heterocycles. The Labute approximate surface area is 150 Å². The van der Waals surface area contributed by atoms with Crippen LogP contribution >= 0.6 is 15.9 Å². The van der Waals surface area contributed by atoms with Crippen LogP contribution in [0.5, 0.6) is 0 Å². The summed E-state index contributed by atoms with van der Waals surface area (Å²) in [5, 5.41) is 1.30. The van der Waals surface area contributed by atoms with Crippen molar-refractivity contribution in [2.45, 2.75) is 39.3 Å². The molecule has 0 unspecified atom stereocenters. The molecule has 0 aliphatic carbocycles. The third kappa shape index (κ3) is 3.10. The fraction of sp³-hybridized carbons (Fsp3) is 0.368. The standard InChI is InChI=1S/C19H21BrN4/c1-2-3-19-22-9-13-6-7-24(12-18(13)23-19)11-14-10-21-17-5-4-15(20)8-16(14)17/h4-5,8-10,21H,2-3,6-7,11-12H2,1H3. The number of nitrogens with zero attached hydrogens (tertiary/aromatic N) is 3. The molecular weight excluding hydrogens is 364 g/mol. The second kappa shape index (κ2) is 6.65. The molecule has 5 heteroatoms. The fourth-order valence-corrected chi connectivity index (χ4v) is 3.76. The van der Waals surface area contributed by atoms with Gasteiger partial charge in [0.05, 0.1) is 5.69 Å². The molecular formula is C19H21BrN4. The normalized spacial score (nSPS) is 14.9. The average molecular weight is 385 g/mol. The maximum absolute atomic E-state index is 4.79. The number of hydrogen-bond acceptors (Lipinski definition) is 3. The Kier molecular flexibility index (Phi) is 4.37. The lowest BCUT2D eigenvalue weighted by Crippen LogP contribution is -2.31. The van der Waals surface area contributed by atoms with Gasteiger partial charge in [0.15, 0.2) is 0 Å². The van der Waals surface area contributed by atoms with E-state index in [0.29, 0.717) is 0 Å². The first-order valence-corrected chi connectivity index (χ1v) is 9.34. The summed E-state index contributed by atoms with van der Waals surface area (Å²) in [7, 11) is 0. The van der Waals surface area contributed by atoms with Gasteiger partial charge in [-0.2, -0.15) is 0 Å². The van der Waals surface area contributed by atoms with Crippen LogP contribution in [0.3, 0.4) is 0 Å². The number of aromatic nitrogens is 3. The number of rotatable bonds is 4. The molecule has 4 rings (SSSR count). The highest BCUT2D eigenvalue weighted by Gasteiger charge is 2.19. The van der Waals surface area contributed by atoms with Crippen molar-refractivity contribution < 1.29 is 0 Å². The minimum Gasteiger partial charge on any atom is -0.361 e. The molecule has 0 saturated carbocycles. The summed E-state index contributed by atoms with van der Waals surface area (Å²) in [5.41, 5.74) is 5.06. The molecule has 0 atom stereocenters. The van der Waals surface area contributed by atoms with Gasteiger partial charge >= 0.3 is 0 Å². The Morgan fingerprint density at radius 2 is 2.25 bits per heavy atom. The predicted molar refractivity (Wildman–Crippen MR) is 99.8 cm³/mol. The van der Waals surface area contributed by atoms with Crippen molar-refractivity contribution in [2.24, 2.45) is 0 Å². The number of benzene rings is 1. The van der Waals surface area contributed by atoms with Gasteiger partial charge in [0.2, 0.25) is 0 Å². The molecule has 0 spiro atoms. The second-order valence-corrected chi connectivity index (χ2v) is 7.39. The van der Waals surface area contributed by atoms with Crippen molar-refractivity contribution in [2.75, 3.05) is 6.54 Å². The van der Waals surface area contributed by atoms with E-state index in [1.807, 2.05) is 6.20 Å². The highest BCUT2D eigenvalue weighted by atomic mass is 79.9. The van der Waals surface area contributed by atoms with E-state index in [1.165, 1.54) is 27.7 Å². The molecule has 1 N–H and O–H groups in total. The molecule has 1 aliphatic rings. The number of fused-ring (bicyclic) bond motifs is 2. The van der Waals surface area contributed by atoms with Crippen LogP contribution in [0.4, 0.5) is 0 Å². The molecule has 0 radical (unpaired) electrons. The van der Waals surface area contributed by atoms with E-state index in [9.17, 15) is 0 Å². The number of aryl methyl sites for hydroxylation is 1. The van der Waals surface area contributed by atoms with Gasteiger partial charge in [-0.05, 0) is 42.2 Å². The van der Waals surface area contributed by atoms with Crippen LogP contribution in [0.2, 0.25) is 0 Å². The molecule has 0 bridgehead atoms. The number of H-pyrrole nitrogens is 1. The summed E-state index contributed by atoms with van der Waals surface area (Å²) in [5.74, 6) is 0.981. The molecule has 0 amide bonds. The Balaban J connectivity index is 1.55. The maximum atomic E-state index is 4.79. The Bertz CT molecular complexity index is 871. The molecule has 0 fully saturated rings. The van der Waals surface area contributed by atoms with Crippen LogP contribution in [-0.2, 0) is 25.9 Å². The SMILES string of the molecule is CCCc1ncc2c(n1)CN(Cc1c[nH]c3ccc(Br)cc13)CC2. The Morgan fingerprint density at radius 1 is 1.33 bits per heavy atom. The van der Waals surface area contributed by atoms with Gasteiger partial charge in [-0.15, -0.1) is 0 Å². The van der Waals surface area contributed by atoms with Crippen LogP contribution in [0.15, 0.2) is 35.1 Å². The van der Waals surface area contributed by atoms with Crippen LogP contribution in [0, 0.1) is 0 Å². The van der Waals surface area contributed by atoms with E-state index in [-0.39, 0.29) is 0 Å². The Morgan fingerprint density at radius 3 is 3.12 bits per heavy atom. The molecule has 124 valence electrons. The first kappa shape index (κ1) is 15.8. The van der Waals surface area contributed by atoms with E-state index in [1.54, 1.807) is 0 Å². The molecule has 1 aromatic carbocycles. The van der Waals surface area contributed by atoms with E-state index in [2.05, 4.69) is 62.1 Å². The number of halogens is 1. The lowest BCUT2D eigenvalue weighted by Gasteiger charge is -2.27. The summed E-state index contributed by atoms with van der Waals surface area (Å²) in [6, 6.07) is 6.39. The van der Waals surface area contributed by atoms with Gasteiger partial charge < -0.3 is 4.98 Å². The predicted octanol–water partition coefficient (Wildman–Crippen LogP) is 4.23. The van der Waals surface area contributed by atoms with Gasteiger partial charge in [0.25, 0.3) is 0 Å². The molecule has 2 aromatic heterocycles. The zero-order valence-corrected chi connectivity index (χ0v) is 15.4. The average Bonchev–Trinajstić information content (AvgIpc) is 2.97. The molecule has 3 aromatic rings. The molecule has 4 nitrogen and oxygen atoms in total. The van der Waals surface area contributed by atoms with E-state index >= 15 is 0 Å². The second-order valence-electron chi connectivity index (χ2n) is 6.47. The third-order valence-electron chi connectivity index (χ3n) is 4.67. The van der Waals surface area contributed by atoms with Crippen LogP contribution in [0.25, 0.3) is 10.9 Å². The van der Waals surface area contributed by atoms with Crippen molar-refractivity contribution in [3.63, 3.8) is 0 Å². The Hall–Kier alpha value is -1.72. The molecule has 3 heterocycles. The van der Waals surface area contributed by atoms with Gasteiger partial charge in [0.1, 0.15) is 5.82 Å². The van der Waals surface area contributed by atoms with E-state index in [0.717, 1.165) is 49.2 Å². The zero-order valence-electron chi connectivity index (χ0n) is 13.8. The highest BCUT2D eigenvalue weighted by molar-refractivity contribution is 9.10. The van der Waals surface area contributed by atoms with Crippen molar-refractivity contribution in [3.8, 4) is 0 Å². The zero-order chi connectivity index (χ0) is 16.5. The number of hydrogen-bond donors (Lipinski definition) is 1. The van der Waals surface area contributed by atoms with Gasteiger partial charge in [0, 0.05) is 53.8 Å². The van der Waals surface area contributed by atoms with E-state index < -0.39 is 0 Å². The van der Waals surface area contributed by atoms with Gasteiger partial charge in [-0.1, -0.05) is 22.9 Å². The third-order valence-corrected chi connectivity index (χ3v) is 5.17. The maximum Gasteiger partial charge on any atom is 0.128 e. The van der Waals surface area contributed by atoms with Crippen molar-refractivity contribution >= 4 is 26.8 Å². The quantitative estimate of drug-likeness (QED) is 0.731. The number of nitrogens with one attached hydrogen (secondary N) is 1.